The molecule has 0 aromatic rings. The molecule has 0 aromatic carbocycles. The highest BCUT2D eigenvalue weighted by atomic mass is 16.2. The summed E-state index contributed by atoms with van der Waals surface area (Å²) in [6.07, 6.45) is 31.2. The molecular weight excluding hydrogens is 540 g/mol. The molecule has 0 spiro atoms. The summed E-state index contributed by atoms with van der Waals surface area (Å²) in [5, 5.41) is 3.57. The van der Waals surface area contributed by atoms with E-state index in [1.165, 1.54) is 128 Å². The van der Waals surface area contributed by atoms with Gasteiger partial charge in [-0.25, -0.2) is 0 Å². The van der Waals surface area contributed by atoms with E-state index in [1.807, 2.05) is 0 Å². The third-order valence-corrected chi connectivity index (χ3v) is 15.9. The van der Waals surface area contributed by atoms with Crippen LogP contribution in [-0.4, -0.2) is 35.3 Å². The predicted molar refractivity (Wildman–Crippen MR) is 179 cm³/mol. The van der Waals surface area contributed by atoms with Crippen molar-refractivity contribution < 1.29 is 9.59 Å². The lowest BCUT2D eigenvalue weighted by atomic mass is 9.46. The van der Waals surface area contributed by atoms with Crippen molar-refractivity contribution in [2.75, 3.05) is 7.05 Å². The number of likely N-dealkylation sites (tertiary alicyclic amines) is 1. The predicted octanol–water partition coefficient (Wildman–Crippen LogP) is 9.45. The minimum atomic E-state index is 0.189. The molecule has 0 aromatic heterocycles. The Morgan fingerprint density at radius 1 is 0.750 bits per heavy atom. The third-order valence-electron chi connectivity index (χ3n) is 15.9. The summed E-state index contributed by atoms with van der Waals surface area (Å²) < 4.78 is 0. The maximum atomic E-state index is 12.8. The number of piperidine rings is 1. The number of amides is 2. The van der Waals surface area contributed by atoms with Crippen molar-refractivity contribution >= 4 is 11.8 Å². The summed E-state index contributed by atoms with van der Waals surface area (Å²) >= 11 is 0. The fourth-order valence-electron chi connectivity index (χ4n) is 14.1. The molecule has 1 heterocycles. The monoisotopic (exact) mass is 607 g/mol. The number of carbonyl (C=O) groups excluding carboxylic acids is 2. The molecule has 8 aliphatic rings. The lowest BCUT2D eigenvalue weighted by molar-refractivity contribution is -0.158. The van der Waals surface area contributed by atoms with Crippen molar-refractivity contribution in [3.05, 3.63) is 0 Å². The first kappa shape index (κ1) is 31.5. The number of nitrogens with zero attached hydrogens (tertiary/aromatic N) is 1. The van der Waals surface area contributed by atoms with Crippen LogP contribution in [0.25, 0.3) is 0 Å². The van der Waals surface area contributed by atoms with Gasteiger partial charge in [-0.3, -0.25) is 9.59 Å². The lowest BCUT2D eigenvalue weighted by Gasteiger charge is -2.62. The van der Waals surface area contributed by atoms with E-state index in [4.69, 9.17) is 0 Å². The zero-order valence-corrected chi connectivity index (χ0v) is 28.9. The summed E-state index contributed by atoms with van der Waals surface area (Å²) in [6.45, 7) is 5.26. The van der Waals surface area contributed by atoms with Gasteiger partial charge in [0.15, 0.2) is 0 Å². The Hall–Kier alpha value is -1.06. The van der Waals surface area contributed by atoms with Gasteiger partial charge in [0.2, 0.25) is 11.8 Å². The second-order valence-corrected chi connectivity index (χ2v) is 18.4. The Morgan fingerprint density at radius 3 is 2.05 bits per heavy atom. The first-order chi connectivity index (χ1) is 21.2. The quantitative estimate of drug-likeness (QED) is 0.225. The fourth-order valence-corrected chi connectivity index (χ4v) is 14.1. The summed E-state index contributed by atoms with van der Waals surface area (Å²) in [6, 6.07) is 0.488. The SMILES string of the molecule is CN1C(=O)CC[C@@]2(C)C1CC[C@@H]1[C@H]2CC[C@]2(C)C(CCCCCCCCCCC(=O)NC34CC5CC(CC(C5)C3)C4)CC[C@@H]12. The number of carbonyl (C=O) groups is 2. The molecule has 2 unspecified atom stereocenters. The van der Waals surface area contributed by atoms with Crippen LogP contribution in [-0.2, 0) is 9.59 Å². The van der Waals surface area contributed by atoms with E-state index in [-0.39, 0.29) is 5.54 Å². The minimum Gasteiger partial charge on any atom is -0.351 e. The van der Waals surface area contributed by atoms with Gasteiger partial charge in [-0.2, -0.15) is 0 Å². The molecule has 44 heavy (non-hydrogen) atoms. The maximum absolute atomic E-state index is 12.8. The van der Waals surface area contributed by atoms with E-state index in [9.17, 15) is 9.59 Å². The zero-order chi connectivity index (χ0) is 30.5. The van der Waals surface area contributed by atoms with E-state index < -0.39 is 0 Å². The number of fused-ring (bicyclic) bond motifs is 5. The zero-order valence-electron chi connectivity index (χ0n) is 28.9. The number of rotatable bonds is 12. The van der Waals surface area contributed by atoms with Gasteiger partial charge in [-0.15, -0.1) is 0 Å². The lowest BCUT2D eigenvalue weighted by Crippen LogP contribution is -2.61. The molecule has 4 nitrogen and oxygen atoms in total. The number of hydrogen-bond acceptors (Lipinski definition) is 2. The van der Waals surface area contributed by atoms with Crippen molar-refractivity contribution in [3.8, 4) is 0 Å². The first-order valence-corrected chi connectivity index (χ1v) is 19.8. The molecule has 4 bridgehead atoms. The molecule has 1 N–H and O–H groups in total. The topological polar surface area (TPSA) is 49.4 Å². The van der Waals surface area contributed by atoms with Crippen molar-refractivity contribution in [1.82, 2.24) is 10.2 Å². The average Bonchev–Trinajstić information content (AvgIpc) is 3.31. The summed E-state index contributed by atoms with van der Waals surface area (Å²) in [5.74, 6) is 7.07. The molecule has 8 fully saturated rings. The smallest absolute Gasteiger partial charge is 0.222 e. The number of unbranched alkanes of at least 4 members (excludes halogenated alkanes) is 7. The first-order valence-electron chi connectivity index (χ1n) is 19.8. The molecule has 1 aliphatic heterocycles. The molecule has 7 saturated carbocycles. The van der Waals surface area contributed by atoms with E-state index in [0.717, 1.165) is 67.1 Å². The summed E-state index contributed by atoms with van der Waals surface area (Å²) in [5.41, 5.74) is 1.11. The second kappa shape index (κ2) is 12.5. The Balaban J connectivity index is 0.762. The van der Waals surface area contributed by atoms with Crippen molar-refractivity contribution in [1.29, 1.82) is 0 Å². The Labute approximate surface area is 270 Å². The highest BCUT2D eigenvalue weighted by Gasteiger charge is 2.61. The Kier molecular flexibility index (Phi) is 8.97. The van der Waals surface area contributed by atoms with Gasteiger partial charge in [0.05, 0.1) is 0 Å². The van der Waals surface area contributed by atoms with E-state index in [2.05, 4.69) is 31.1 Å². The highest BCUT2D eigenvalue weighted by molar-refractivity contribution is 5.77. The molecule has 7 aliphatic carbocycles. The molecule has 2 amide bonds. The van der Waals surface area contributed by atoms with Crippen molar-refractivity contribution in [2.24, 2.45) is 52.3 Å². The minimum absolute atomic E-state index is 0.189. The van der Waals surface area contributed by atoms with Crippen LogP contribution in [0.15, 0.2) is 0 Å². The second-order valence-electron chi connectivity index (χ2n) is 18.4. The van der Waals surface area contributed by atoms with E-state index in [0.29, 0.717) is 28.7 Å². The van der Waals surface area contributed by atoms with Crippen molar-refractivity contribution in [3.63, 3.8) is 0 Å². The molecule has 8 rings (SSSR count). The molecule has 0 radical (unpaired) electrons. The Morgan fingerprint density at radius 2 is 1.36 bits per heavy atom. The molecule has 4 heteroatoms. The third kappa shape index (κ3) is 5.82. The summed E-state index contributed by atoms with van der Waals surface area (Å²) in [7, 11) is 2.09. The van der Waals surface area contributed by atoms with Crippen molar-refractivity contribution in [2.45, 2.75) is 180 Å². The summed E-state index contributed by atoms with van der Waals surface area (Å²) in [4.78, 5) is 27.4. The largest absolute Gasteiger partial charge is 0.351 e. The molecule has 1 saturated heterocycles. The highest BCUT2D eigenvalue weighted by Crippen LogP contribution is 2.66. The van der Waals surface area contributed by atoms with Crippen LogP contribution in [0.3, 0.4) is 0 Å². The van der Waals surface area contributed by atoms with Gasteiger partial charge in [0.1, 0.15) is 0 Å². The molecule has 7 atom stereocenters. The van der Waals surface area contributed by atoms with Crippen LogP contribution in [0.2, 0.25) is 0 Å². The normalized spacial score (nSPS) is 45.6. The standard InChI is InChI=1S/C40H66N2O2/c1-38-20-18-34-32(15-17-35-39(34,2)21-19-37(44)42(35)3)33(38)16-14-31(38)12-10-8-6-4-5-7-9-11-13-36(43)41-40-25-28-22-29(26-40)24-30(23-28)27-40/h28-35H,4-27H2,1-3H3,(H,41,43)/t28?,29?,30?,31?,32-,33-,34+,35?,38+,39+,40?/m0/s1. The van der Waals surface area contributed by atoms with Crippen LogP contribution >= 0.6 is 0 Å². The van der Waals surface area contributed by atoms with Gasteiger partial charge in [0, 0.05) is 31.5 Å². The van der Waals surface area contributed by atoms with E-state index in [1.54, 1.807) is 0 Å². The van der Waals surface area contributed by atoms with Gasteiger partial charge in [-0.05, 0) is 149 Å². The van der Waals surface area contributed by atoms with E-state index >= 15 is 0 Å². The van der Waals surface area contributed by atoms with Gasteiger partial charge >= 0.3 is 0 Å². The van der Waals surface area contributed by atoms with Crippen LogP contribution in [0.1, 0.15) is 168 Å². The number of hydrogen-bond donors (Lipinski definition) is 1. The average molecular weight is 607 g/mol. The number of nitrogens with one attached hydrogen (secondary N) is 1. The van der Waals surface area contributed by atoms with Crippen LogP contribution in [0, 0.1) is 52.3 Å². The molecule has 248 valence electrons. The molecular formula is C40H66N2O2. The maximum Gasteiger partial charge on any atom is 0.222 e. The van der Waals surface area contributed by atoms with Crippen LogP contribution in [0.5, 0.6) is 0 Å². The van der Waals surface area contributed by atoms with Gasteiger partial charge in [0.25, 0.3) is 0 Å². The van der Waals surface area contributed by atoms with Gasteiger partial charge < -0.3 is 10.2 Å². The fraction of sp³-hybridized carbons (Fsp3) is 0.950. The van der Waals surface area contributed by atoms with Crippen LogP contribution < -0.4 is 5.32 Å². The Bertz CT molecular complexity index is 1020. The van der Waals surface area contributed by atoms with Gasteiger partial charge in [-0.1, -0.05) is 58.8 Å². The van der Waals surface area contributed by atoms with Crippen LogP contribution in [0.4, 0.5) is 0 Å².